The molecule has 0 spiro atoms. The van der Waals surface area contributed by atoms with Crippen LogP contribution in [0.1, 0.15) is 17.9 Å². The lowest BCUT2D eigenvalue weighted by Gasteiger charge is -2.24. The highest BCUT2D eigenvalue weighted by Gasteiger charge is 2.35. The second-order valence-electron chi connectivity index (χ2n) is 3.92. The second-order valence-corrected chi connectivity index (χ2v) is 5.07. The van der Waals surface area contributed by atoms with E-state index in [1.807, 2.05) is 17.8 Å². The minimum Gasteiger partial charge on any atom is -0.379 e. The van der Waals surface area contributed by atoms with Crippen molar-refractivity contribution in [1.82, 2.24) is 0 Å². The fourth-order valence-electron chi connectivity index (χ4n) is 2.40. The first kappa shape index (κ1) is 8.60. The molecule has 2 atom stereocenters. The van der Waals surface area contributed by atoms with Gasteiger partial charge in [0.25, 0.3) is 0 Å². The Bertz CT molecular complexity index is 366. The van der Waals surface area contributed by atoms with Crippen LogP contribution >= 0.6 is 11.8 Å². The summed E-state index contributed by atoms with van der Waals surface area (Å²) < 4.78 is 13.5. The third kappa shape index (κ3) is 1.15. The van der Waals surface area contributed by atoms with Gasteiger partial charge in [0.05, 0.1) is 5.69 Å². The number of halogens is 1. The molecule has 74 valence electrons. The number of rotatable bonds is 0. The molecule has 2 aliphatic heterocycles. The molecule has 14 heavy (non-hydrogen) atoms. The van der Waals surface area contributed by atoms with Crippen LogP contribution in [0.4, 0.5) is 10.1 Å². The molecule has 3 rings (SSSR count). The monoisotopic (exact) mass is 209 g/mol. The van der Waals surface area contributed by atoms with Gasteiger partial charge in [-0.15, -0.1) is 0 Å². The van der Waals surface area contributed by atoms with Gasteiger partial charge < -0.3 is 5.32 Å². The molecule has 0 bridgehead atoms. The highest BCUT2D eigenvalue weighted by Crippen LogP contribution is 2.43. The van der Waals surface area contributed by atoms with E-state index in [0.29, 0.717) is 12.0 Å². The van der Waals surface area contributed by atoms with Gasteiger partial charge in [0.15, 0.2) is 0 Å². The molecular formula is C11H12FNS. The van der Waals surface area contributed by atoms with Crippen molar-refractivity contribution in [2.45, 2.75) is 18.4 Å². The summed E-state index contributed by atoms with van der Waals surface area (Å²) in [6, 6.07) is 5.89. The Balaban J connectivity index is 2.05. The van der Waals surface area contributed by atoms with Crippen molar-refractivity contribution in [1.29, 1.82) is 0 Å². The van der Waals surface area contributed by atoms with Gasteiger partial charge in [-0.2, -0.15) is 11.8 Å². The highest BCUT2D eigenvalue weighted by molar-refractivity contribution is 7.99. The largest absolute Gasteiger partial charge is 0.379 e. The summed E-state index contributed by atoms with van der Waals surface area (Å²) in [6.45, 7) is 0. The van der Waals surface area contributed by atoms with Gasteiger partial charge in [-0.3, -0.25) is 0 Å². The summed E-state index contributed by atoms with van der Waals surface area (Å²) >= 11 is 1.98. The standard InChI is InChI=1S/C11H12FNS/c12-9-3-1-2-7-8-6-14-5-4-10(8)13-11(7)9/h1-3,8,10,13H,4-6H2. The Morgan fingerprint density at radius 2 is 2.36 bits per heavy atom. The van der Waals surface area contributed by atoms with Crippen LogP contribution < -0.4 is 5.32 Å². The summed E-state index contributed by atoms with van der Waals surface area (Å²) in [5, 5.41) is 3.32. The van der Waals surface area contributed by atoms with Crippen LogP contribution in [0.5, 0.6) is 0 Å². The van der Waals surface area contributed by atoms with Gasteiger partial charge in [0.1, 0.15) is 5.82 Å². The molecule has 1 fully saturated rings. The maximum absolute atomic E-state index is 13.5. The van der Waals surface area contributed by atoms with Crippen molar-refractivity contribution >= 4 is 17.4 Å². The van der Waals surface area contributed by atoms with Crippen molar-refractivity contribution < 1.29 is 4.39 Å². The molecule has 0 amide bonds. The number of hydrogen-bond donors (Lipinski definition) is 1. The van der Waals surface area contributed by atoms with Crippen LogP contribution in [0, 0.1) is 5.82 Å². The smallest absolute Gasteiger partial charge is 0.146 e. The van der Waals surface area contributed by atoms with Crippen LogP contribution in [0.3, 0.4) is 0 Å². The van der Waals surface area contributed by atoms with Crippen molar-refractivity contribution in [3.05, 3.63) is 29.6 Å². The number of benzene rings is 1. The van der Waals surface area contributed by atoms with Crippen molar-refractivity contribution in [2.75, 3.05) is 16.8 Å². The molecule has 2 unspecified atom stereocenters. The van der Waals surface area contributed by atoms with Crippen LogP contribution in [0.25, 0.3) is 0 Å². The molecule has 1 aromatic carbocycles. The van der Waals surface area contributed by atoms with Crippen LogP contribution in [-0.4, -0.2) is 17.5 Å². The third-order valence-electron chi connectivity index (χ3n) is 3.13. The van der Waals surface area contributed by atoms with E-state index < -0.39 is 0 Å². The molecule has 0 radical (unpaired) electrons. The zero-order valence-electron chi connectivity index (χ0n) is 7.79. The normalized spacial score (nSPS) is 29.2. The Morgan fingerprint density at radius 1 is 1.43 bits per heavy atom. The van der Waals surface area contributed by atoms with Gasteiger partial charge in [0, 0.05) is 17.7 Å². The third-order valence-corrected chi connectivity index (χ3v) is 4.25. The Labute approximate surface area is 87.1 Å². The number of hydrogen-bond acceptors (Lipinski definition) is 2. The van der Waals surface area contributed by atoms with E-state index in [0.717, 1.165) is 17.9 Å². The first-order valence-corrected chi connectivity index (χ1v) is 6.14. The maximum atomic E-state index is 13.5. The van der Waals surface area contributed by atoms with Gasteiger partial charge in [-0.05, 0) is 23.8 Å². The fraction of sp³-hybridized carbons (Fsp3) is 0.455. The molecule has 2 heterocycles. The van der Waals surface area contributed by atoms with E-state index in [4.69, 9.17) is 0 Å². The lowest BCUT2D eigenvalue weighted by Crippen LogP contribution is -2.26. The van der Waals surface area contributed by atoms with E-state index in [-0.39, 0.29) is 5.82 Å². The molecule has 2 aliphatic rings. The molecule has 1 nitrogen and oxygen atoms in total. The van der Waals surface area contributed by atoms with Crippen molar-refractivity contribution in [2.24, 2.45) is 0 Å². The molecule has 0 aromatic heterocycles. The highest BCUT2D eigenvalue weighted by atomic mass is 32.2. The van der Waals surface area contributed by atoms with Crippen LogP contribution in [-0.2, 0) is 0 Å². The number of para-hydroxylation sites is 1. The number of anilines is 1. The van der Waals surface area contributed by atoms with Crippen molar-refractivity contribution in [3.8, 4) is 0 Å². The average molecular weight is 209 g/mol. The second kappa shape index (κ2) is 3.16. The van der Waals surface area contributed by atoms with Gasteiger partial charge in [0.2, 0.25) is 0 Å². The van der Waals surface area contributed by atoms with Gasteiger partial charge in [-0.1, -0.05) is 12.1 Å². The topological polar surface area (TPSA) is 12.0 Å². The summed E-state index contributed by atoms with van der Waals surface area (Å²) in [4.78, 5) is 0. The first-order chi connectivity index (χ1) is 6.86. The molecule has 3 heteroatoms. The van der Waals surface area contributed by atoms with E-state index in [1.165, 1.54) is 17.4 Å². The minimum atomic E-state index is -0.0955. The van der Waals surface area contributed by atoms with E-state index in [2.05, 4.69) is 11.4 Å². The minimum absolute atomic E-state index is 0.0955. The molecule has 0 aliphatic carbocycles. The van der Waals surface area contributed by atoms with Crippen molar-refractivity contribution in [3.63, 3.8) is 0 Å². The zero-order chi connectivity index (χ0) is 9.54. The van der Waals surface area contributed by atoms with Crippen LogP contribution in [0.2, 0.25) is 0 Å². The molecule has 1 N–H and O–H groups in total. The lowest BCUT2D eigenvalue weighted by molar-refractivity contribution is 0.612. The molecular weight excluding hydrogens is 197 g/mol. The molecule has 0 saturated carbocycles. The predicted octanol–water partition coefficient (Wildman–Crippen LogP) is 2.84. The summed E-state index contributed by atoms with van der Waals surface area (Å²) in [6.07, 6.45) is 1.16. The zero-order valence-corrected chi connectivity index (χ0v) is 8.61. The van der Waals surface area contributed by atoms with Gasteiger partial charge >= 0.3 is 0 Å². The Kier molecular flexibility index (Phi) is 1.94. The van der Waals surface area contributed by atoms with E-state index in [9.17, 15) is 4.39 Å². The maximum Gasteiger partial charge on any atom is 0.146 e. The lowest BCUT2D eigenvalue weighted by atomic mass is 9.95. The number of thioether (sulfide) groups is 1. The van der Waals surface area contributed by atoms with E-state index in [1.54, 1.807) is 0 Å². The molecule has 1 saturated heterocycles. The number of nitrogens with one attached hydrogen (secondary N) is 1. The summed E-state index contributed by atoms with van der Waals surface area (Å²) in [7, 11) is 0. The van der Waals surface area contributed by atoms with Crippen LogP contribution in [0.15, 0.2) is 18.2 Å². The van der Waals surface area contributed by atoms with Gasteiger partial charge in [-0.25, -0.2) is 4.39 Å². The summed E-state index contributed by atoms with van der Waals surface area (Å²) in [5.74, 6) is 2.76. The van der Waals surface area contributed by atoms with E-state index >= 15 is 0 Å². The summed E-state index contributed by atoms with van der Waals surface area (Å²) in [5.41, 5.74) is 1.94. The molecule has 1 aromatic rings. The predicted molar refractivity (Wildman–Crippen MR) is 58.5 cm³/mol. The fourth-order valence-corrected chi connectivity index (χ4v) is 3.66. The Hall–Kier alpha value is -0.700. The first-order valence-electron chi connectivity index (χ1n) is 4.99. The number of fused-ring (bicyclic) bond motifs is 3. The average Bonchev–Trinajstić information content (AvgIpc) is 2.59. The quantitative estimate of drug-likeness (QED) is 0.705. The Morgan fingerprint density at radius 3 is 3.29 bits per heavy atom. The SMILES string of the molecule is Fc1cccc2c1NC1CCSCC21.